The van der Waals surface area contributed by atoms with Crippen LogP contribution in [0.15, 0.2) is 36.4 Å². The van der Waals surface area contributed by atoms with Gasteiger partial charge in [0.05, 0.1) is 12.6 Å². The van der Waals surface area contributed by atoms with Gasteiger partial charge >= 0.3 is 6.03 Å². The third-order valence-corrected chi connectivity index (χ3v) is 5.62. The van der Waals surface area contributed by atoms with E-state index in [2.05, 4.69) is 24.4 Å². The van der Waals surface area contributed by atoms with Crippen LogP contribution in [-0.2, 0) is 0 Å². The standard InChI is InChI=1S/C20H26N2O2S/c1-3-24-17-11-9-16(10-12-17)21-20(23)22-14-6-4-5-7-18(22)19-13-8-15(2)25-19/h8-13,18H,3-7,14H2,1-2H3,(H,21,23)/t18-/m1/s1. The lowest BCUT2D eigenvalue weighted by atomic mass is 10.1. The quantitative estimate of drug-likeness (QED) is 0.772. The lowest BCUT2D eigenvalue weighted by Gasteiger charge is -2.29. The molecule has 1 aliphatic heterocycles. The van der Waals surface area contributed by atoms with Crippen LogP contribution in [0.5, 0.6) is 5.75 Å². The van der Waals surface area contributed by atoms with Crippen molar-refractivity contribution >= 4 is 23.1 Å². The number of nitrogens with one attached hydrogen (secondary N) is 1. The minimum absolute atomic E-state index is 0.0119. The number of thiophene rings is 1. The van der Waals surface area contributed by atoms with Crippen molar-refractivity contribution in [2.45, 2.75) is 45.6 Å². The average Bonchev–Trinajstić information content (AvgIpc) is 2.89. The van der Waals surface area contributed by atoms with E-state index < -0.39 is 0 Å². The summed E-state index contributed by atoms with van der Waals surface area (Å²) in [5.41, 5.74) is 0.804. The number of hydrogen-bond acceptors (Lipinski definition) is 3. The first-order chi connectivity index (χ1) is 12.2. The summed E-state index contributed by atoms with van der Waals surface area (Å²) in [6.45, 7) is 5.53. The Hall–Kier alpha value is -2.01. The number of rotatable bonds is 4. The zero-order chi connectivity index (χ0) is 17.6. The van der Waals surface area contributed by atoms with Gasteiger partial charge in [0.25, 0.3) is 0 Å². The molecule has 1 aliphatic rings. The molecule has 0 unspecified atom stereocenters. The van der Waals surface area contributed by atoms with Gasteiger partial charge in [0.2, 0.25) is 0 Å². The van der Waals surface area contributed by atoms with Gasteiger partial charge in [0, 0.05) is 22.0 Å². The summed E-state index contributed by atoms with van der Waals surface area (Å²) >= 11 is 1.80. The van der Waals surface area contributed by atoms with Gasteiger partial charge in [0.1, 0.15) is 5.75 Å². The first-order valence-corrected chi connectivity index (χ1v) is 9.86. The number of carbonyl (C=O) groups excluding carboxylic acids is 1. The van der Waals surface area contributed by atoms with E-state index in [1.54, 1.807) is 11.3 Å². The number of ether oxygens (including phenoxy) is 1. The molecule has 5 heteroatoms. The van der Waals surface area contributed by atoms with Crippen molar-refractivity contribution in [2.24, 2.45) is 0 Å². The van der Waals surface area contributed by atoms with Gasteiger partial charge in [-0.1, -0.05) is 12.8 Å². The normalized spacial score (nSPS) is 17.8. The summed E-state index contributed by atoms with van der Waals surface area (Å²) in [7, 11) is 0. The fourth-order valence-corrected chi connectivity index (χ4v) is 4.30. The highest BCUT2D eigenvalue weighted by Crippen LogP contribution is 2.34. The molecule has 25 heavy (non-hydrogen) atoms. The first kappa shape index (κ1) is 17.8. The second-order valence-electron chi connectivity index (χ2n) is 6.39. The van der Waals surface area contributed by atoms with Crippen molar-refractivity contribution in [1.82, 2.24) is 4.90 Å². The number of carbonyl (C=O) groups is 1. The summed E-state index contributed by atoms with van der Waals surface area (Å²) in [4.78, 5) is 17.5. The number of anilines is 1. The molecule has 0 saturated carbocycles. The van der Waals surface area contributed by atoms with E-state index in [1.165, 1.54) is 22.6 Å². The van der Waals surface area contributed by atoms with Gasteiger partial charge in [-0.25, -0.2) is 4.79 Å². The molecule has 1 aromatic heterocycles. The van der Waals surface area contributed by atoms with Crippen LogP contribution in [0.4, 0.5) is 10.5 Å². The van der Waals surface area contributed by atoms with Gasteiger partial charge in [0.15, 0.2) is 0 Å². The second kappa shape index (κ2) is 8.39. The van der Waals surface area contributed by atoms with Gasteiger partial charge in [-0.3, -0.25) is 0 Å². The fraction of sp³-hybridized carbons (Fsp3) is 0.450. The molecule has 0 bridgehead atoms. The zero-order valence-corrected chi connectivity index (χ0v) is 15.8. The van der Waals surface area contributed by atoms with Crippen molar-refractivity contribution in [3.05, 3.63) is 46.2 Å². The largest absolute Gasteiger partial charge is 0.494 e. The van der Waals surface area contributed by atoms with E-state index in [1.807, 2.05) is 36.1 Å². The lowest BCUT2D eigenvalue weighted by Crippen LogP contribution is -2.37. The number of amides is 2. The molecule has 2 heterocycles. The summed E-state index contributed by atoms with van der Waals surface area (Å²) in [5.74, 6) is 0.821. The summed E-state index contributed by atoms with van der Waals surface area (Å²) in [6, 6.07) is 12.1. The highest BCUT2D eigenvalue weighted by molar-refractivity contribution is 7.12. The molecular weight excluding hydrogens is 332 g/mol. The Morgan fingerprint density at radius 2 is 2.00 bits per heavy atom. The van der Waals surface area contributed by atoms with Crippen molar-refractivity contribution in [3.63, 3.8) is 0 Å². The number of benzene rings is 1. The molecule has 134 valence electrons. The van der Waals surface area contributed by atoms with E-state index in [0.717, 1.165) is 30.8 Å². The minimum Gasteiger partial charge on any atom is -0.494 e. The monoisotopic (exact) mass is 358 g/mol. The molecule has 2 amide bonds. The Balaban J connectivity index is 1.73. The fourth-order valence-electron chi connectivity index (χ4n) is 3.28. The van der Waals surface area contributed by atoms with Gasteiger partial charge in [-0.2, -0.15) is 0 Å². The highest BCUT2D eigenvalue weighted by atomic mass is 32.1. The smallest absolute Gasteiger partial charge is 0.322 e. The third-order valence-electron chi connectivity index (χ3n) is 4.52. The van der Waals surface area contributed by atoms with E-state index in [0.29, 0.717) is 6.61 Å². The molecule has 2 aromatic rings. The molecule has 3 rings (SSSR count). The number of aryl methyl sites for hydroxylation is 1. The molecule has 1 atom stereocenters. The van der Waals surface area contributed by atoms with Crippen LogP contribution in [0, 0.1) is 6.92 Å². The average molecular weight is 359 g/mol. The zero-order valence-electron chi connectivity index (χ0n) is 15.0. The van der Waals surface area contributed by atoms with E-state index >= 15 is 0 Å². The predicted molar refractivity (Wildman–Crippen MR) is 104 cm³/mol. The van der Waals surface area contributed by atoms with Crippen LogP contribution in [0.2, 0.25) is 0 Å². The summed E-state index contributed by atoms with van der Waals surface area (Å²) in [6.07, 6.45) is 4.47. The highest BCUT2D eigenvalue weighted by Gasteiger charge is 2.27. The van der Waals surface area contributed by atoms with Crippen molar-refractivity contribution in [1.29, 1.82) is 0 Å². The first-order valence-electron chi connectivity index (χ1n) is 9.04. The number of likely N-dealkylation sites (tertiary alicyclic amines) is 1. The minimum atomic E-state index is -0.0119. The lowest BCUT2D eigenvalue weighted by molar-refractivity contribution is 0.190. The second-order valence-corrected chi connectivity index (χ2v) is 7.71. The summed E-state index contributed by atoms with van der Waals surface area (Å²) in [5, 5.41) is 3.05. The summed E-state index contributed by atoms with van der Waals surface area (Å²) < 4.78 is 5.45. The SMILES string of the molecule is CCOc1ccc(NC(=O)N2CCCCC[C@@H]2c2ccc(C)s2)cc1. The Bertz CT molecular complexity index is 696. The Kier molecular flexibility index (Phi) is 5.97. The van der Waals surface area contributed by atoms with Crippen LogP contribution in [0.3, 0.4) is 0 Å². The Morgan fingerprint density at radius 3 is 2.68 bits per heavy atom. The van der Waals surface area contributed by atoms with E-state index in [9.17, 15) is 4.79 Å². The van der Waals surface area contributed by atoms with Gasteiger partial charge < -0.3 is 15.0 Å². The number of hydrogen-bond donors (Lipinski definition) is 1. The van der Waals surface area contributed by atoms with Gasteiger partial charge in [-0.05, 0) is 63.1 Å². The molecule has 1 aromatic carbocycles. The van der Waals surface area contributed by atoms with Crippen LogP contribution < -0.4 is 10.1 Å². The maximum Gasteiger partial charge on any atom is 0.322 e. The van der Waals surface area contributed by atoms with Crippen molar-refractivity contribution in [2.75, 3.05) is 18.5 Å². The van der Waals surface area contributed by atoms with Crippen molar-refractivity contribution in [3.8, 4) is 5.75 Å². The van der Waals surface area contributed by atoms with E-state index in [-0.39, 0.29) is 12.1 Å². The van der Waals surface area contributed by atoms with Crippen LogP contribution in [-0.4, -0.2) is 24.1 Å². The van der Waals surface area contributed by atoms with Crippen LogP contribution in [0.25, 0.3) is 0 Å². The molecule has 0 aliphatic carbocycles. The molecule has 1 N–H and O–H groups in total. The number of urea groups is 1. The molecule has 0 radical (unpaired) electrons. The Morgan fingerprint density at radius 1 is 1.20 bits per heavy atom. The Labute approximate surface area is 153 Å². The van der Waals surface area contributed by atoms with E-state index in [4.69, 9.17) is 4.74 Å². The van der Waals surface area contributed by atoms with Gasteiger partial charge in [-0.15, -0.1) is 11.3 Å². The van der Waals surface area contributed by atoms with Crippen molar-refractivity contribution < 1.29 is 9.53 Å². The molecule has 0 spiro atoms. The topological polar surface area (TPSA) is 41.6 Å². The molecule has 4 nitrogen and oxygen atoms in total. The third kappa shape index (κ3) is 4.54. The van der Waals surface area contributed by atoms with Crippen LogP contribution in [0.1, 0.15) is 48.4 Å². The maximum atomic E-state index is 12.9. The number of nitrogens with zero attached hydrogens (tertiary/aromatic N) is 1. The van der Waals surface area contributed by atoms with Crippen LogP contribution >= 0.6 is 11.3 Å². The predicted octanol–water partition coefficient (Wildman–Crippen LogP) is 5.60. The molecular formula is C20H26N2O2S. The molecule has 1 saturated heterocycles. The maximum absolute atomic E-state index is 12.9. The molecule has 1 fully saturated rings.